The van der Waals surface area contributed by atoms with Crippen molar-refractivity contribution in [2.75, 3.05) is 26.9 Å². The van der Waals surface area contributed by atoms with E-state index in [9.17, 15) is 14.4 Å². The fourth-order valence-corrected chi connectivity index (χ4v) is 2.57. The van der Waals surface area contributed by atoms with Crippen LogP contribution in [0.25, 0.3) is 6.08 Å². The maximum atomic E-state index is 13.0. The number of rotatable bonds is 11. The van der Waals surface area contributed by atoms with Gasteiger partial charge >= 0.3 is 0 Å². The molecule has 0 aliphatic carbocycles. The van der Waals surface area contributed by atoms with Gasteiger partial charge in [0.1, 0.15) is 24.1 Å². The average Bonchev–Trinajstić information content (AvgIpc) is 2.75. The van der Waals surface area contributed by atoms with Gasteiger partial charge in [-0.3, -0.25) is 4.79 Å². The van der Waals surface area contributed by atoms with E-state index in [0.717, 1.165) is 5.56 Å². The van der Waals surface area contributed by atoms with E-state index in [4.69, 9.17) is 14.2 Å². The zero-order valence-corrected chi connectivity index (χ0v) is 17.1. The van der Waals surface area contributed by atoms with Crippen LogP contribution in [0.5, 0.6) is 11.5 Å². The second-order valence-electron chi connectivity index (χ2n) is 6.33. The largest absolute Gasteiger partial charge is 0.490 e. The number of nitrogens with zero attached hydrogens (tertiary/aromatic N) is 1. The van der Waals surface area contributed by atoms with Gasteiger partial charge in [0.05, 0.1) is 6.61 Å². The Labute approximate surface area is 175 Å². The number of halogens is 1. The molecule has 0 radical (unpaired) electrons. The highest BCUT2D eigenvalue weighted by Gasteiger charge is 2.11. The molecule has 0 bridgehead atoms. The van der Waals surface area contributed by atoms with Gasteiger partial charge in [-0.25, -0.2) is 4.39 Å². The zero-order valence-electron chi connectivity index (χ0n) is 17.1. The molecule has 0 fully saturated rings. The normalized spacial score (nSPS) is 10.9. The van der Waals surface area contributed by atoms with E-state index in [1.807, 2.05) is 13.0 Å². The highest BCUT2D eigenvalue weighted by molar-refractivity contribution is 6.01. The SMILES string of the molecule is CCOc1cc(/C=C(\C#N)C(=O)NCCCOC)ccc1OCc1ccc(F)cc1. The van der Waals surface area contributed by atoms with Crippen LogP contribution >= 0.6 is 0 Å². The molecular formula is C23H25FN2O4. The van der Waals surface area contributed by atoms with Crippen molar-refractivity contribution in [1.29, 1.82) is 5.26 Å². The van der Waals surface area contributed by atoms with Gasteiger partial charge in [-0.2, -0.15) is 5.26 Å². The summed E-state index contributed by atoms with van der Waals surface area (Å²) in [5.74, 6) is 0.260. The van der Waals surface area contributed by atoms with Crippen LogP contribution in [0.1, 0.15) is 24.5 Å². The van der Waals surface area contributed by atoms with Crippen molar-refractivity contribution >= 4 is 12.0 Å². The van der Waals surface area contributed by atoms with Crippen molar-refractivity contribution in [2.45, 2.75) is 20.0 Å². The number of hydrogen-bond acceptors (Lipinski definition) is 5. The molecule has 1 N–H and O–H groups in total. The Morgan fingerprint density at radius 2 is 1.93 bits per heavy atom. The van der Waals surface area contributed by atoms with Crippen LogP contribution in [0.4, 0.5) is 4.39 Å². The maximum Gasteiger partial charge on any atom is 0.261 e. The molecule has 0 saturated carbocycles. The highest BCUT2D eigenvalue weighted by Crippen LogP contribution is 2.30. The summed E-state index contributed by atoms with van der Waals surface area (Å²) in [7, 11) is 1.59. The molecule has 0 aliphatic heterocycles. The van der Waals surface area contributed by atoms with Crippen LogP contribution in [-0.2, 0) is 16.1 Å². The standard InChI is InChI=1S/C23H25FN2O4/c1-3-29-22-14-18(13-19(15-25)23(27)26-11-4-12-28-2)7-10-21(22)30-16-17-5-8-20(24)9-6-17/h5-10,13-14H,3-4,11-12,16H2,1-2H3,(H,26,27)/b19-13+. The molecule has 0 aromatic heterocycles. The Balaban J connectivity index is 2.11. The van der Waals surface area contributed by atoms with Gasteiger partial charge in [0.15, 0.2) is 11.5 Å². The minimum absolute atomic E-state index is 0.00477. The molecule has 0 spiro atoms. The first kappa shape index (κ1) is 22.9. The summed E-state index contributed by atoms with van der Waals surface area (Å²) in [6.07, 6.45) is 2.16. The lowest BCUT2D eigenvalue weighted by Crippen LogP contribution is -2.26. The van der Waals surface area contributed by atoms with E-state index in [1.165, 1.54) is 18.2 Å². The van der Waals surface area contributed by atoms with Crippen molar-refractivity contribution in [2.24, 2.45) is 0 Å². The first-order chi connectivity index (χ1) is 14.6. The van der Waals surface area contributed by atoms with Crippen molar-refractivity contribution in [1.82, 2.24) is 5.32 Å². The third-order valence-electron chi connectivity index (χ3n) is 4.06. The van der Waals surface area contributed by atoms with Gasteiger partial charge in [-0.05, 0) is 54.8 Å². The van der Waals surface area contributed by atoms with Gasteiger partial charge in [0.25, 0.3) is 5.91 Å². The molecular weight excluding hydrogens is 387 g/mol. The first-order valence-electron chi connectivity index (χ1n) is 9.60. The van der Waals surface area contributed by atoms with Gasteiger partial charge in [-0.15, -0.1) is 0 Å². The number of ether oxygens (including phenoxy) is 3. The van der Waals surface area contributed by atoms with E-state index >= 15 is 0 Å². The maximum absolute atomic E-state index is 13.0. The topological polar surface area (TPSA) is 80.6 Å². The van der Waals surface area contributed by atoms with Gasteiger partial charge in [0, 0.05) is 20.3 Å². The third-order valence-corrected chi connectivity index (χ3v) is 4.06. The minimum Gasteiger partial charge on any atom is -0.490 e. The van der Waals surface area contributed by atoms with Crippen LogP contribution in [-0.4, -0.2) is 32.8 Å². The van der Waals surface area contributed by atoms with Gasteiger partial charge in [-0.1, -0.05) is 18.2 Å². The van der Waals surface area contributed by atoms with Crippen molar-refractivity contribution in [3.05, 3.63) is 65.0 Å². The van der Waals surface area contributed by atoms with E-state index in [1.54, 1.807) is 37.4 Å². The van der Waals surface area contributed by atoms with Crippen molar-refractivity contribution in [3.63, 3.8) is 0 Å². The third kappa shape index (κ3) is 7.22. The minimum atomic E-state index is -0.441. The number of benzene rings is 2. The summed E-state index contributed by atoms with van der Waals surface area (Å²) in [4.78, 5) is 12.2. The predicted octanol–water partition coefficient (Wildman–Crippen LogP) is 3.86. The van der Waals surface area contributed by atoms with Crippen LogP contribution in [0.3, 0.4) is 0 Å². The Kier molecular flexibility index (Phi) is 9.35. The fourth-order valence-electron chi connectivity index (χ4n) is 2.57. The van der Waals surface area contributed by atoms with Crippen LogP contribution in [0, 0.1) is 17.1 Å². The number of nitrogens with one attached hydrogen (secondary N) is 1. The van der Waals surface area contributed by atoms with Crippen LogP contribution in [0.15, 0.2) is 48.0 Å². The number of amides is 1. The highest BCUT2D eigenvalue weighted by atomic mass is 19.1. The number of carbonyl (C=O) groups is 1. The second kappa shape index (κ2) is 12.2. The molecule has 2 aromatic rings. The van der Waals surface area contributed by atoms with E-state index in [-0.39, 0.29) is 18.0 Å². The number of hydrogen-bond donors (Lipinski definition) is 1. The monoisotopic (exact) mass is 412 g/mol. The number of carbonyl (C=O) groups excluding carboxylic acids is 1. The summed E-state index contributed by atoms with van der Waals surface area (Å²) >= 11 is 0. The summed E-state index contributed by atoms with van der Waals surface area (Å²) in [5.41, 5.74) is 1.45. The summed E-state index contributed by atoms with van der Waals surface area (Å²) < 4.78 is 29.4. The zero-order chi connectivity index (χ0) is 21.8. The molecule has 7 heteroatoms. The molecule has 158 valence electrons. The Bertz CT molecular complexity index is 904. The molecule has 0 aliphatic rings. The second-order valence-corrected chi connectivity index (χ2v) is 6.33. The van der Waals surface area contributed by atoms with E-state index in [0.29, 0.717) is 43.2 Å². The Hall–Kier alpha value is -3.37. The predicted molar refractivity (Wildman–Crippen MR) is 111 cm³/mol. The van der Waals surface area contributed by atoms with Gasteiger partial charge < -0.3 is 19.5 Å². The average molecular weight is 412 g/mol. The molecule has 0 heterocycles. The number of nitriles is 1. The Morgan fingerprint density at radius 1 is 1.17 bits per heavy atom. The van der Waals surface area contributed by atoms with Gasteiger partial charge in [0.2, 0.25) is 0 Å². The van der Waals surface area contributed by atoms with Crippen LogP contribution < -0.4 is 14.8 Å². The molecule has 1 amide bonds. The van der Waals surface area contributed by atoms with Crippen LogP contribution in [0.2, 0.25) is 0 Å². The fraction of sp³-hybridized carbons (Fsp3) is 0.304. The molecule has 0 atom stereocenters. The van der Waals surface area contributed by atoms with Crippen molar-refractivity contribution < 1.29 is 23.4 Å². The molecule has 30 heavy (non-hydrogen) atoms. The molecule has 0 unspecified atom stereocenters. The molecule has 0 saturated heterocycles. The first-order valence-corrected chi connectivity index (χ1v) is 9.60. The van der Waals surface area contributed by atoms with Crippen molar-refractivity contribution in [3.8, 4) is 17.6 Å². The summed E-state index contributed by atoms with van der Waals surface area (Å²) in [6.45, 7) is 3.48. The van der Waals surface area contributed by atoms with E-state index in [2.05, 4.69) is 5.32 Å². The summed E-state index contributed by atoms with van der Waals surface area (Å²) in [5, 5.41) is 12.0. The lowest BCUT2D eigenvalue weighted by molar-refractivity contribution is -0.117. The lowest BCUT2D eigenvalue weighted by Gasteiger charge is -2.13. The molecule has 6 nitrogen and oxygen atoms in total. The smallest absolute Gasteiger partial charge is 0.261 e. The lowest BCUT2D eigenvalue weighted by atomic mass is 10.1. The number of methoxy groups -OCH3 is 1. The quantitative estimate of drug-likeness (QED) is 0.344. The molecule has 2 rings (SSSR count). The molecule has 2 aromatic carbocycles. The summed E-state index contributed by atoms with van der Waals surface area (Å²) in [6, 6.07) is 13.1. The Morgan fingerprint density at radius 3 is 2.60 bits per heavy atom. The van der Waals surface area contributed by atoms with E-state index < -0.39 is 5.91 Å².